The number of hydrogen-bond acceptors (Lipinski definition) is 4. The molecule has 16 heavy (non-hydrogen) atoms. The molecule has 0 fully saturated rings. The van der Waals surface area contributed by atoms with Crippen molar-refractivity contribution in [2.24, 2.45) is 0 Å². The monoisotopic (exact) mass is 233 g/mol. The van der Waals surface area contributed by atoms with Crippen LogP contribution in [0.5, 0.6) is 0 Å². The average molecular weight is 233 g/mol. The number of nitrogens with zero attached hydrogens (tertiary/aromatic N) is 2. The Morgan fingerprint density at radius 2 is 2.12 bits per heavy atom. The van der Waals surface area contributed by atoms with Gasteiger partial charge < -0.3 is 5.32 Å². The molecular weight excluding hydrogens is 222 g/mol. The Bertz CT molecular complexity index is 442. The van der Waals surface area contributed by atoms with Gasteiger partial charge in [0.2, 0.25) is 5.91 Å². The largest absolute Gasteiger partial charge is 0.349 e. The van der Waals surface area contributed by atoms with Crippen molar-refractivity contribution in [2.75, 3.05) is 0 Å². The highest BCUT2D eigenvalue weighted by Gasteiger charge is 2.03. The zero-order valence-electron chi connectivity index (χ0n) is 8.59. The van der Waals surface area contributed by atoms with Crippen LogP contribution in [0.15, 0.2) is 36.1 Å². The third kappa shape index (κ3) is 3.13. The van der Waals surface area contributed by atoms with Crippen molar-refractivity contribution in [3.63, 3.8) is 0 Å². The van der Waals surface area contributed by atoms with Gasteiger partial charge in [-0.3, -0.25) is 9.78 Å². The fraction of sp³-hybridized carbons (Fsp3) is 0.182. The van der Waals surface area contributed by atoms with E-state index < -0.39 is 0 Å². The minimum atomic E-state index is 0.00130. The summed E-state index contributed by atoms with van der Waals surface area (Å²) in [5, 5.41) is 5.63. The van der Waals surface area contributed by atoms with Crippen LogP contribution >= 0.6 is 11.3 Å². The minimum Gasteiger partial charge on any atom is -0.349 e. The Labute approximate surface area is 97.4 Å². The lowest BCUT2D eigenvalue weighted by atomic mass is 10.2. The van der Waals surface area contributed by atoms with Crippen molar-refractivity contribution in [1.82, 2.24) is 15.3 Å². The summed E-state index contributed by atoms with van der Waals surface area (Å²) in [6.45, 7) is 0.502. The van der Waals surface area contributed by atoms with Crippen LogP contribution in [-0.4, -0.2) is 15.9 Å². The molecule has 0 bridgehead atoms. The molecule has 1 N–H and O–H groups in total. The molecule has 2 rings (SSSR count). The summed E-state index contributed by atoms with van der Waals surface area (Å²) in [7, 11) is 0. The first-order valence-corrected chi connectivity index (χ1v) is 5.76. The first-order valence-electron chi connectivity index (χ1n) is 4.88. The lowest BCUT2D eigenvalue weighted by Crippen LogP contribution is -2.24. The van der Waals surface area contributed by atoms with Gasteiger partial charge in [0.1, 0.15) is 5.01 Å². The fourth-order valence-corrected chi connectivity index (χ4v) is 1.82. The van der Waals surface area contributed by atoms with Gasteiger partial charge in [0.05, 0.1) is 13.0 Å². The first kappa shape index (κ1) is 10.8. The SMILES string of the molecule is O=C(Cc1ccncc1)NCc1nccs1. The van der Waals surface area contributed by atoms with Crippen molar-refractivity contribution >= 4 is 17.2 Å². The van der Waals surface area contributed by atoms with Gasteiger partial charge in [-0.25, -0.2) is 4.98 Å². The predicted molar refractivity (Wildman–Crippen MR) is 61.9 cm³/mol. The third-order valence-electron chi connectivity index (χ3n) is 2.03. The molecule has 0 spiro atoms. The van der Waals surface area contributed by atoms with Crippen LogP contribution in [0.25, 0.3) is 0 Å². The number of hydrogen-bond donors (Lipinski definition) is 1. The van der Waals surface area contributed by atoms with Gasteiger partial charge in [-0.2, -0.15) is 0 Å². The van der Waals surface area contributed by atoms with Crippen LogP contribution in [0.3, 0.4) is 0 Å². The molecule has 2 aromatic heterocycles. The van der Waals surface area contributed by atoms with Gasteiger partial charge in [0, 0.05) is 24.0 Å². The van der Waals surface area contributed by atoms with E-state index >= 15 is 0 Å². The number of amides is 1. The normalized spacial score (nSPS) is 10.0. The molecule has 2 aromatic rings. The van der Waals surface area contributed by atoms with Gasteiger partial charge in [-0.15, -0.1) is 11.3 Å². The summed E-state index contributed by atoms with van der Waals surface area (Å²) in [5.74, 6) is 0.00130. The van der Waals surface area contributed by atoms with E-state index in [1.165, 1.54) is 11.3 Å². The molecule has 0 aliphatic carbocycles. The lowest BCUT2D eigenvalue weighted by Gasteiger charge is -2.02. The number of carbonyl (C=O) groups excluding carboxylic acids is 1. The van der Waals surface area contributed by atoms with Crippen LogP contribution < -0.4 is 5.32 Å². The molecule has 0 saturated carbocycles. The first-order chi connectivity index (χ1) is 7.84. The van der Waals surface area contributed by atoms with E-state index in [0.29, 0.717) is 13.0 Å². The molecule has 1 amide bonds. The van der Waals surface area contributed by atoms with Gasteiger partial charge in [-0.05, 0) is 17.7 Å². The molecule has 0 aliphatic heterocycles. The molecule has 0 radical (unpaired) electrons. The molecule has 0 atom stereocenters. The van der Waals surface area contributed by atoms with E-state index in [2.05, 4.69) is 15.3 Å². The number of thiazole rings is 1. The number of carbonyl (C=O) groups is 1. The Morgan fingerprint density at radius 3 is 2.81 bits per heavy atom. The van der Waals surface area contributed by atoms with Crippen molar-refractivity contribution in [1.29, 1.82) is 0 Å². The van der Waals surface area contributed by atoms with Gasteiger partial charge >= 0.3 is 0 Å². The van der Waals surface area contributed by atoms with E-state index in [1.807, 2.05) is 17.5 Å². The minimum absolute atomic E-state index is 0.00130. The summed E-state index contributed by atoms with van der Waals surface area (Å²) < 4.78 is 0. The second-order valence-corrected chi connectivity index (χ2v) is 4.21. The fourth-order valence-electron chi connectivity index (χ4n) is 1.26. The number of rotatable bonds is 4. The number of nitrogens with one attached hydrogen (secondary N) is 1. The second-order valence-electron chi connectivity index (χ2n) is 3.23. The Morgan fingerprint density at radius 1 is 1.31 bits per heavy atom. The Balaban J connectivity index is 1.81. The third-order valence-corrected chi connectivity index (χ3v) is 2.81. The zero-order valence-corrected chi connectivity index (χ0v) is 9.41. The summed E-state index contributed by atoms with van der Waals surface area (Å²) in [5.41, 5.74) is 0.964. The molecule has 0 unspecified atom stereocenters. The van der Waals surface area contributed by atoms with E-state index in [-0.39, 0.29) is 5.91 Å². The van der Waals surface area contributed by atoms with Crippen LogP contribution in [0.2, 0.25) is 0 Å². The van der Waals surface area contributed by atoms with Crippen molar-refractivity contribution < 1.29 is 4.79 Å². The number of pyridine rings is 1. The van der Waals surface area contributed by atoms with E-state index in [9.17, 15) is 4.79 Å². The molecule has 4 nitrogen and oxygen atoms in total. The summed E-state index contributed by atoms with van der Waals surface area (Å²) in [6, 6.07) is 3.67. The molecule has 0 aliphatic rings. The maximum absolute atomic E-state index is 11.6. The maximum atomic E-state index is 11.6. The van der Waals surface area contributed by atoms with Gasteiger partial charge in [0.15, 0.2) is 0 Å². The van der Waals surface area contributed by atoms with Crippen molar-refractivity contribution in [3.05, 3.63) is 46.7 Å². The quantitative estimate of drug-likeness (QED) is 0.868. The van der Waals surface area contributed by atoms with E-state index in [4.69, 9.17) is 0 Å². The van der Waals surface area contributed by atoms with Gasteiger partial charge in [0.25, 0.3) is 0 Å². The molecule has 5 heteroatoms. The molecule has 2 heterocycles. The molecule has 0 saturated heterocycles. The van der Waals surface area contributed by atoms with E-state index in [1.54, 1.807) is 18.6 Å². The zero-order chi connectivity index (χ0) is 11.2. The summed E-state index contributed by atoms with van der Waals surface area (Å²) in [6.07, 6.45) is 5.48. The second kappa shape index (κ2) is 5.37. The maximum Gasteiger partial charge on any atom is 0.224 e. The highest BCUT2D eigenvalue weighted by Crippen LogP contribution is 2.03. The Kier molecular flexibility index (Phi) is 3.61. The Hall–Kier alpha value is -1.75. The highest BCUT2D eigenvalue weighted by molar-refractivity contribution is 7.09. The van der Waals surface area contributed by atoms with E-state index in [0.717, 1.165) is 10.6 Å². The van der Waals surface area contributed by atoms with Crippen LogP contribution in [-0.2, 0) is 17.8 Å². The van der Waals surface area contributed by atoms with Crippen LogP contribution in [0, 0.1) is 0 Å². The standard InChI is InChI=1S/C11H11N3OS/c15-10(7-9-1-3-12-4-2-9)14-8-11-13-5-6-16-11/h1-6H,7-8H2,(H,14,15). The van der Waals surface area contributed by atoms with Crippen LogP contribution in [0.4, 0.5) is 0 Å². The average Bonchev–Trinajstić information content (AvgIpc) is 2.81. The van der Waals surface area contributed by atoms with Crippen LogP contribution in [0.1, 0.15) is 10.6 Å². The number of aromatic nitrogens is 2. The molecular formula is C11H11N3OS. The molecule has 82 valence electrons. The predicted octanol–water partition coefficient (Wildman–Crippen LogP) is 1.40. The topological polar surface area (TPSA) is 54.9 Å². The molecule has 0 aromatic carbocycles. The van der Waals surface area contributed by atoms with Gasteiger partial charge in [-0.1, -0.05) is 0 Å². The summed E-state index contributed by atoms with van der Waals surface area (Å²) >= 11 is 1.54. The summed E-state index contributed by atoms with van der Waals surface area (Å²) in [4.78, 5) is 19.5. The smallest absolute Gasteiger partial charge is 0.224 e. The highest BCUT2D eigenvalue weighted by atomic mass is 32.1. The van der Waals surface area contributed by atoms with Crippen molar-refractivity contribution in [2.45, 2.75) is 13.0 Å². The van der Waals surface area contributed by atoms with Crippen molar-refractivity contribution in [3.8, 4) is 0 Å². The lowest BCUT2D eigenvalue weighted by molar-refractivity contribution is -0.120.